The van der Waals surface area contributed by atoms with Crippen molar-refractivity contribution >= 4 is 5.96 Å². The first-order chi connectivity index (χ1) is 9.62. The van der Waals surface area contributed by atoms with Gasteiger partial charge in [0.2, 0.25) is 0 Å². The number of ether oxygens (including phenoxy) is 1. The van der Waals surface area contributed by atoms with Crippen molar-refractivity contribution in [1.82, 2.24) is 4.90 Å². The summed E-state index contributed by atoms with van der Waals surface area (Å²) in [4.78, 5) is 6.89. The molecule has 1 aliphatic heterocycles. The van der Waals surface area contributed by atoms with Gasteiger partial charge in [0.05, 0.1) is 19.2 Å². The first-order valence-electron chi connectivity index (χ1n) is 7.39. The van der Waals surface area contributed by atoms with Gasteiger partial charge in [0.15, 0.2) is 5.96 Å². The number of hydrogen-bond acceptors (Lipinski definition) is 4. The highest BCUT2D eigenvalue weighted by molar-refractivity contribution is 5.82. The number of fused-ring (bicyclic) bond motifs is 2. The summed E-state index contributed by atoms with van der Waals surface area (Å²) in [6.45, 7) is 5.20. The molecule has 0 amide bonds. The third-order valence-corrected chi connectivity index (χ3v) is 4.87. The van der Waals surface area contributed by atoms with E-state index < -0.39 is 0 Å². The zero-order chi connectivity index (χ0) is 14.3. The number of methoxy groups -OCH3 is 1. The molecule has 1 spiro atoms. The lowest BCUT2D eigenvalue weighted by atomic mass is 9.89. The van der Waals surface area contributed by atoms with E-state index >= 15 is 0 Å². The van der Waals surface area contributed by atoms with Gasteiger partial charge in [-0.15, -0.1) is 0 Å². The maximum Gasteiger partial charge on any atom is 0.192 e. The summed E-state index contributed by atoms with van der Waals surface area (Å²) in [5.41, 5.74) is 8.89. The van der Waals surface area contributed by atoms with E-state index in [1.54, 1.807) is 7.11 Å². The van der Waals surface area contributed by atoms with Crippen molar-refractivity contribution in [3.05, 3.63) is 29.3 Å². The minimum absolute atomic E-state index is 0.0522. The highest BCUT2D eigenvalue weighted by Gasteiger charge is 2.49. The first kappa shape index (κ1) is 13.3. The summed E-state index contributed by atoms with van der Waals surface area (Å²) in [7, 11) is 1.72. The van der Waals surface area contributed by atoms with Gasteiger partial charge in [-0.1, -0.05) is 13.0 Å². The van der Waals surface area contributed by atoms with E-state index in [-0.39, 0.29) is 5.54 Å². The Morgan fingerprint density at radius 3 is 3.00 bits per heavy atom. The van der Waals surface area contributed by atoms with Crippen LogP contribution in [0, 0.1) is 0 Å². The van der Waals surface area contributed by atoms with Crippen molar-refractivity contribution in [2.75, 3.05) is 13.7 Å². The minimum atomic E-state index is -0.0522. The number of aliphatic imine (C=N–C) groups is 1. The summed E-state index contributed by atoms with van der Waals surface area (Å²) in [5.74, 6) is 1.61. The number of guanidine groups is 1. The van der Waals surface area contributed by atoms with Gasteiger partial charge in [-0.05, 0) is 49.4 Å². The van der Waals surface area contributed by atoms with Gasteiger partial charge in [0.25, 0.3) is 0 Å². The quantitative estimate of drug-likeness (QED) is 0.919. The number of rotatable bonds is 3. The molecule has 1 aromatic rings. The lowest BCUT2D eigenvalue weighted by Gasteiger charge is -2.41. The summed E-state index contributed by atoms with van der Waals surface area (Å²) in [6.07, 6.45) is 3.25. The predicted molar refractivity (Wildman–Crippen MR) is 81.1 cm³/mol. The Labute approximate surface area is 120 Å². The van der Waals surface area contributed by atoms with Crippen LogP contribution in [-0.2, 0) is 12.0 Å². The maximum absolute atomic E-state index is 6.18. The summed E-state index contributed by atoms with van der Waals surface area (Å²) >= 11 is 0. The molecule has 4 heteroatoms. The molecule has 0 saturated carbocycles. The molecule has 3 rings (SSSR count). The molecule has 0 bridgehead atoms. The number of nitrogens with two attached hydrogens (primary N) is 1. The van der Waals surface area contributed by atoms with Crippen LogP contribution in [0.15, 0.2) is 23.2 Å². The molecule has 2 unspecified atom stereocenters. The highest BCUT2D eigenvalue weighted by Crippen LogP contribution is 2.46. The minimum Gasteiger partial charge on any atom is -0.497 e. The number of benzene rings is 1. The van der Waals surface area contributed by atoms with E-state index in [4.69, 9.17) is 10.5 Å². The summed E-state index contributed by atoms with van der Waals surface area (Å²) < 4.78 is 5.40. The van der Waals surface area contributed by atoms with Gasteiger partial charge in [0.1, 0.15) is 5.75 Å². The van der Waals surface area contributed by atoms with Gasteiger partial charge in [-0.25, -0.2) is 0 Å². The van der Waals surface area contributed by atoms with Crippen LogP contribution in [0.4, 0.5) is 0 Å². The molecule has 4 nitrogen and oxygen atoms in total. The molecule has 108 valence electrons. The third-order valence-electron chi connectivity index (χ3n) is 4.87. The number of hydrogen-bond donors (Lipinski definition) is 1. The van der Waals surface area contributed by atoms with Gasteiger partial charge in [-0.3, -0.25) is 4.99 Å². The standard InChI is InChI=1S/C16H23N3O/c1-4-11(2)19-15(17)18-10-16(19)8-7-12-5-6-13(20-3)9-14(12)16/h5-6,9,11H,4,7-8,10H2,1-3H3,(H2,17,18). The summed E-state index contributed by atoms with van der Waals surface area (Å²) in [6, 6.07) is 6.81. The normalized spacial score (nSPS) is 25.8. The zero-order valence-electron chi connectivity index (χ0n) is 12.5. The second kappa shape index (κ2) is 4.69. The second-order valence-corrected chi connectivity index (χ2v) is 5.86. The fraction of sp³-hybridized carbons (Fsp3) is 0.562. The molecule has 2 N–H and O–H groups in total. The predicted octanol–water partition coefficient (Wildman–Crippen LogP) is 2.27. The van der Waals surface area contributed by atoms with Crippen molar-refractivity contribution < 1.29 is 4.74 Å². The van der Waals surface area contributed by atoms with E-state index in [2.05, 4.69) is 35.9 Å². The molecule has 0 saturated heterocycles. The lowest BCUT2D eigenvalue weighted by Crippen LogP contribution is -2.52. The SMILES string of the molecule is CCC(C)N1C(N)=NCC12CCc1ccc(OC)cc12. The largest absolute Gasteiger partial charge is 0.497 e. The van der Waals surface area contributed by atoms with Crippen LogP contribution < -0.4 is 10.5 Å². The Hall–Kier alpha value is -1.71. The Morgan fingerprint density at radius 1 is 1.50 bits per heavy atom. The second-order valence-electron chi connectivity index (χ2n) is 5.86. The average Bonchev–Trinajstić information content (AvgIpc) is 3.00. The van der Waals surface area contributed by atoms with Gasteiger partial charge in [-0.2, -0.15) is 0 Å². The molecular weight excluding hydrogens is 250 g/mol. The molecule has 0 aromatic heterocycles. The Morgan fingerprint density at radius 2 is 2.30 bits per heavy atom. The topological polar surface area (TPSA) is 50.8 Å². The maximum atomic E-state index is 6.18. The Kier molecular flexibility index (Phi) is 3.11. The van der Waals surface area contributed by atoms with Crippen molar-refractivity contribution in [3.8, 4) is 5.75 Å². The van der Waals surface area contributed by atoms with Crippen LogP contribution in [-0.4, -0.2) is 30.6 Å². The molecule has 2 aliphatic rings. The monoisotopic (exact) mass is 273 g/mol. The number of aryl methyl sites for hydroxylation is 1. The van der Waals surface area contributed by atoms with Crippen molar-refractivity contribution in [1.29, 1.82) is 0 Å². The molecule has 1 aliphatic carbocycles. The van der Waals surface area contributed by atoms with Crippen LogP contribution in [0.2, 0.25) is 0 Å². The van der Waals surface area contributed by atoms with E-state index in [0.717, 1.165) is 31.6 Å². The van der Waals surface area contributed by atoms with Crippen molar-refractivity contribution in [3.63, 3.8) is 0 Å². The van der Waals surface area contributed by atoms with Crippen molar-refractivity contribution in [2.45, 2.75) is 44.7 Å². The fourth-order valence-corrected chi connectivity index (χ4v) is 3.64. The lowest BCUT2D eigenvalue weighted by molar-refractivity contribution is 0.152. The Balaban J connectivity index is 2.08. The molecule has 20 heavy (non-hydrogen) atoms. The van der Waals surface area contributed by atoms with Gasteiger partial charge >= 0.3 is 0 Å². The molecule has 0 fully saturated rings. The van der Waals surface area contributed by atoms with Crippen molar-refractivity contribution in [2.24, 2.45) is 10.7 Å². The van der Waals surface area contributed by atoms with E-state index in [9.17, 15) is 0 Å². The zero-order valence-corrected chi connectivity index (χ0v) is 12.5. The average molecular weight is 273 g/mol. The van der Waals surface area contributed by atoms with Gasteiger partial charge < -0.3 is 15.4 Å². The highest BCUT2D eigenvalue weighted by atomic mass is 16.5. The number of nitrogens with zero attached hydrogens (tertiary/aromatic N) is 2. The molecule has 1 aromatic carbocycles. The van der Waals surface area contributed by atoms with Crippen LogP contribution in [0.5, 0.6) is 5.75 Å². The molecule has 0 radical (unpaired) electrons. The van der Waals surface area contributed by atoms with Crippen LogP contribution in [0.1, 0.15) is 37.8 Å². The molecular formula is C16H23N3O. The van der Waals surface area contributed by atoms with E-state index in [1.165, 1.54) is 11.1 Å². The van der Waals surface area contributed by atoms with E-state index in [0.29, 0.717) is 12.0 Å². The fourth-order valence-electron chi connectivity index (χ4n) is 3.64. The molecule has 1 heterocycles. The smallest absolute Gasteiger partial charge is 0.192 e. The molecule has 2 atom stereocenters. The summed E-state index contributed by atoms with van der Waals surface area (Å²) in [5, 5.41) is 0. The van der Waals surface area contributed by atoms with Crippen LogP contribution in [0.25, 0.3) is 0 Å². The van der Waals surface area contributed by atoms with Crippen LogP contribution >= 0.6 is 0 Å². The first-order valence-corrected chi connectivity index (χ1v) is 7.39. The Bertz CT molecular complexity index is 555. The van der Waals surface area contributed by atoms with E-state index in [1.807, 2.05) is 6.07 Å². The van der Waals surface area contributed by atoms with Crippen LogP contribution in [0.3, 0.4) is 0 Å². The van der Waals surface area contributed by atoms with Gasteiger partial charge in [0, 0.05) is 6.04 Å². The third kappa shape index (κ3) is 1.70.